The van der Waals surface area contributed by atoms with Crippen LogP contribution in [0.3, 0.4) is 0 Å². The monoisotopic (exact) mass is 250 g/mol. The molecule has 0 aromatic carbocycles. The molecule has 18 heavy (non-hydrogen) atoms. The van der Waals surface area contributed by atoms with Gasteiger partial charge < -0.3 is 15.0 Å². The lowest BCUT2D eigenvalue weighted by Crippen LogP contribution is -2.43. The summed E-state index contributed by atoms with van der Waals surface area (Å²) < 4.78 is 4.82. The van der Waals surface area contributed by atoms with E-state index in [9.17, 15) is 4.79 Å². The molecule has 0 aliphatic carbocycles. The van der Waals surface area contributed by atoms with Crippen LogP contribution in [0, 0.1) is 0 Å². The quantitative estimate of drug-likeness (QED) is 0.839. The van der Waals surface area contributed by atoms with Crippen molar-refractivity contribution in [2.45, 2.75) is 6.92 Å². The summed E-state index contributed by atoms with van der Waals surface area (Å²) in [6, 6.07) is 3.81. The lowest BCUT2D eigenvalue weighted by atomic mass is 10.3. The van der Waals surface area contributed by atoms with Gasteiger partial charge in [0, 0.05) is 44.1 Å². The normalized spacial score (nSPS) is 15.3. The molecule has 2 N–H and O–H groups in total. The van der Waals surface area contributed by atoms with Gasteiger partial charge in [-0.25, -0.2) is 9.78 Å². The fourth-order valence-electron chi connectivity index (χ4n) is 1.88. The van der Waals surface area contributed by atoms with Crippen LogP contribution in [-0.2, 0) is 4.74 Å². The zero-order chi connectivity index (χ0) is 12.8. The Hall–Kier alpha value is -1.82. The molecule has 1 fully saturated rings. The van der Waals surface area contributed by atoms with Crippen LogP contribution < -0.4 is 15.5 Å². The molecule has 1 aromatic rings. The molecular formula is C12H18N4O2. The first kappa shape index (κ1) is 12.6. The van der Waals surface area contributed by atoms with E-state index in [0.717, 1.165) is 31.9 Å². The van der Waals surface area contributed by atoms with E-state index in [1.165, 1.54) is 0 Å². The molecule has 1 saturated heterocycles. The number of nitrogens with one attached hydrogen (secondary N) is 2. The van der Waals surface area contributed by atoms with Gasteiger partial charge in [0.2, 0.25) is 0 Å². The van der Waals surface area contributed by atoms with E-state index >= 15 is 0 Å². The molecule has 0 bridgehead atoms. The van der Waals surface area contributed by atoms with Crippen LogP contribution in [0.2, 0.25) is 0 Å². The molecule has 0 atom stereocenters. The minimum atomic E-state index is -0.470. The summed E-state index contributed by atoms with van der Waals surface area (Å²) in [6.07, 6.45) is 1.22. The van der Waals surface area contributed by atoms with Crippen LogP contribution in [0.25, 0.3) is 0 Å². The maximum atomic E-state index is 11.3. The second-order valence-corrected chi connectivity index (χ2v) is 3.98. The van der Waals surface area contributed by atoms with E-state index in [0.29, 0.717) is 12.4 Å². The van der Waals surface area contributed by atoms with Crippen molar-refractivity contribution in [3.8, 4) is 0 Å². The fourth-order valence-corrected chi connectivity index (χ4v) is 1.88. The second-order valence-electron chi connectivity index (χ2n) is 3.98. The Kier molecular flexibility index (Phi) is 4.35. The van der Waals surface area contributed by atoms with Gasteiger partial charge in [-0.1, -0.05) is 0 Å². The first-order chi connectivity index (χ1) is 8.79. The van der Waals surface area contributed by atoms with E-state index in [1.54, 1.807) is 13.1 Å². The number of anilines is 2. The zero-order valence-corrected chi connectivity index (χ0v) is 10.5. The molecule has 6 heteroatoms. The zero-order valence-electron chi connectivity index (χ0n) is 10.5. The Balaban J connectivity index is 2.02. The number of piperazine rings is 1. The number of hydrogen-bond donors (Lipinski definition) is 2. The molecule has 0 unspecified atom stereocenters. The lowest BCUT2D eigenvalue weighted by molar-refractivity contribution is 0.168. The van der Waals surface area contributed by atoms with E-state index in [-0.39, 0.29) is 0 Å². The summed E-state index contributed by atoms with van der Waals surface area (Å²) in [5, 5.41) is 5.91. The van der Waals surface area contributed by atoms with Crippen molar-refractivity contribution >= 4 is 17.6 Å². The predicted octanol–water partition coefficient (Wildman–Crippen LogP) is 1.06. The maximum Gasteiger partial charge on any atom is 0.412 e. The van der Waals surface area contributed by atoms with Crippen molar-refractivity contribution in [1.82, 2.24) is 10.3 Å². The van der Waals surface area contributed by atoms with Crippen LogP contribution in [0.5, 0.6) is 0 Å². The Morgan fingerprint density at radius 1 is 1.56 bits per heavy atom. The predicted molar refractivity (Wildman–Crippen MR) is 70.0 cm³/mol. The summed E-state index contributed by atoms with van der Waals surface area (Å²) in [5.74, 6) is 0.518. The summed E-state index contributed by atoms with van der Waals surface area (Å²) in [7, 11) is 0. The third-order valence-electron chi connectivity index (χ3n) is 2.73. The number of carbonyl (C=O) groups is 1. The highest BCUT2D eigenvalue weighted by atomic mass is 16.5. The molecule has 1 aliphatic heterocycles. The minimum Gasteiger partial charge on any atom is -0.450 e. The molecule has 98 valence electrons. The number of carbonyl (C=O) groups excluding carboxylic acids is 1. The van der Waals surface area contributed by atoms with Crippen LogP contribution in [0.15, 0.2) is 18.3 Å². The molecule has 2 rings (SSSR count). The molecule has 0 radical (unpaired) electrons. The molecule has 1 aromatic heterocycles. The van der Waals surface area contributed by atoms with Crippen molar-refractivity contribution in [2.24, 2.45) is 0 Å². The number of aromatic nitrogens is 1. The molecule has 6 nitrogen and oxygen atoms in total. The van der Waals surface area contributed by atoms with Crippen LogP contribution >= 0.6 is 0 Å². The van der Waals surface area contributed by atoms with Gasteiger partial charge in [-0.05, 0) is 13.0 Å². The number of hydrogen-bond acceptors (Lipinski definition) is 5. The molecule has 0 spiro atoms. The van der Waals surface area contributed by atoms with Gasteiger partial charge in [0.05, 0.1) is 6.61 Å². The summed E-state index contributed by atoms with van der Waals surface area (Å²) in [4.78, 5) is 17.7. The first-order valence-corrected chi connectivity index (χ1v) is 6.15. The Morgan fingerprint density at radius 2 is 2.33 bits per heavy atom. The highest BCUT2D eigenvalue weighted by molar-refractivity contribution is 5.83. The summed E-state index contributed by atoms with van der Waals surface area (Å²) >= 11 is 0. The average Bonchev–Trinajstić information content (AvgIpc) is 2.40. The van der Waals surface area contributed by atoms with E-state index in [1.807, 2.05) is 12.1 Å². The van der Waals surface area contributed by atoms with Crippen LogP contribution in [0.1, 0.15) is 6.92 Å². The van der Waals surface area contributed by atoms with Crippen molar-refractivity contribution in [3.05, 3.63) is 18.3 Å². The van der Waals surface area contributed by atoms with Gasteiger partial charge in [0.1, 0.15) is 5.82 Å². The highest BCUT2D eigenvalue weighted by Crippen LogP contribution is 2.17. The third kappa shape index (κ3) is 3.33. The number of rotatable bonds is 3. The van der Waals surface area contributed by atoms with E-state index < -0.39 is 6.09 Å². The number of pyridine rings is 1. The van der Waals surface area contributed by atoms with Crippen molar-refractivity contribution in [2.75, 3.05) is 43.0 Å². The van der Waals surface area contributed by atoms with Gasteiger partial charge in [0.25, 0.3) is 0 Å². The SMILES string of the molecule is CCOC(=O)Nc1cc(N2CCNCC2)ccn1. The van der Waals surface area contributed by atoms with Gasteiger partial charge in [-0.15, -0.1) is 0 Å². The lowest BCUT2D eigenvalue weighted by Gasteiger charge is -2.29. The minimum absolute atomic E-state index is 0.351. The van der Waals surface area contributed by atoms with E-state index in [4.69, 9.17) is 4.74 Å². The first-order valence-electron chi connectivity index (χ1n) is 6.15. The number of amides is 1. The summed E-state index contributed by atoms with van der Waals surface area (Å²) in [5.41, 5.74) is 1.07. The smallest absolute Gasteiger partial charge is 0.412 e. The largest absolute Gasteiger partial charge is 0.450 e. The van der Waals surface area contributed by atoms with Crippen LogP contribution in [0.4, 0.5) is 16.3 Å². The van der Waals surface area contributed by atoms with Crippen molar-refractivity contribution in [3.63, 3.8) is 0 Å². The fraction of sp³-hybridized carbons (Fsp3) is 0.500. The van der Waals surface area contributed by atoms with Crippen molar-refractivity contribution < 1.29 is 9.53 Å². The maximum absolute atomic E-state index is 11.3. The average molecular weight is 250 g/mol. The topological polar surface area (TPSA) is 66.5 Å². The second kappa shape index (κ2) is 6.20. The third-order valence-corrected chi connectivity index (χ3v) is 2.73. The van der Waals surface area contributed by atoms with Crippen LogP contribution in [-0.4, -0.2) is 43.9 Å². The molecule has 1 aliphatic rings. The number of nitrogens with zero attached hydrogens (tertiary/aromatic N) is 2. The Morgan fingerprint density at radius 3 is 3.06 bits per heavy atom. The van der Waals surface area contributed by atoms with Crippen molar-refractivity contribution in [1.29, 1.82) is 0 Å². The highest BCUT2D eigenvalue weighted by Gasteiger charge is 2.11. The molecule has 2 heterocycles. The van der Waals surface area contributed by atoms with Gasteiger partial charge >= 0.3 is 6.09 Å². The number of ether oxygens (including phenoxy) is 1. The Bertz CT molecular complexity index is 405. The standard InChI is InChI=1S/C12H18N4O2/c1-2-18-12(17)15-11-9-10(3-4-14-11)16-7-5-13-6-8-16/h3-4,9,13H,2,5-8H2,1H3,(H,14,15,17). The van der Waals surface area contributed by atoms with Gasteiger partial charge in [0.15, 0.2) is 0 Å². The van der Waals surface area contributed by atoms with E-state index in [2.05, 4.69) is 20.5 Å². The molecule has 1 amide bonds. The van der Waals surface area contributed by atoms with Gasteiger partial charge in [-0.2, -0.15) is 0 Å². The molecule has 0 saturated carbocycles. The van der Waals surface area contributed by atoms with Gasteiger partial charge in [-0.3, -0.25) is 5.32 Å². The summed E-state index contributed by atoms with van der Waals surface area (Å²) in [6.45, 7) is 5.99. The molecular weight excluding hydrogens is 232 g/mol. The Labute approximate surface area is 106 Å².